The van der Waals surface area contributed by atoms with E-state index in [9.17, 15) is 5.11 Å². The summed E-state index contributed by atoms with van der Waals surface area (Å²) in [7, 11) is 0. The van der Waals surface area contributed by atoms with E-state index in [-0.39, 0.29) is 25.2 Å². The Bertz CT molecular complexity index is 392. The minimum Gasteiger partial charge on any atom is -0.506 e. The summed E-state index contributed by atoms with van der Waals surface area (Å²) < 4.78 is 0.948. The minimum absolute atomic E-state index is 0. The van der Waals surface area contributed by atoms with Crippen LogP contribution in [0, 0.1) is 0 Å². The van der Waals surface area contributed by atoms with E-state index in [1.54, 1.807) is 18.3 Å². The summed E-state index contributed by atoms with van der Waals surface area (Å²) in [6.07, 6.45) is 1.66. The molecule has 0 atom stereocenters. The molecule has 2 nitrogen and oxygen atoms in total. The number of aromatic hydroxyl groups is 1. The van der Waals surface area contributed by atoms with Crippen LogP contribution in [0.15, 0.2) is 34.9 Å². The predicted octanol–water partition coefficient (Wildman–Crippen LogP) is 2.70. The fourth-order valence-corrected chi connectivity index (χ4v) is 1.58. The summed E-state index contributed by atoms with van der Waals surface area (Å²) in [6.45, 7) is 0. The molecule has 0 saturated heterocycles. The van der Waals surface area contributed by atoms with Gasteiger partial charge in [-0.25, -0.2) is 0 Å². The number of halogens is 1. The van der Waals surface area contributed by atoms with Crippen molar-refractivity contribution in [3.8, 4) is 5.75 Å². The van der Waals surface area contributed by atoms with Crippen LogP contribution in [0.25, 0.3) is 10.9 Å². The van der Waals surface area contributed by atoms with Gasteiger partial charge in [-0.05, 0) is 18.2 Å². The largest absolute Gasteiger partial charge is 0.506 e. The van der Waals surface area contributed by atoms with Crippen LogP contribution in [0.1, 0.15) is 0 Å². The average molecular weight is 289 g/mol. The first kappa shape index (κ1) is 10.6. The second-order valence-electron chi connectivity index (χ2n) is 2.47. The number of aromatic nitrogens is 1. The molecule has 0 aliphatic rings. The smallest absolute Gasteiger partial charge is 0.141 e. The Morgan fingerprint density at radius 1 is 1.23 bits per heavy atom. The summed E-state index contributed by atoms with van der Waals surface area (Å²) in [5, 5.41) is 10.3. The van der Waals surface area contributed by atoms with Crippen molar-refractivity contribution in [1.29, 1.82) is 0 Å². The minimum atomic E-state index is 0. The first-order valence-electron chi connectivity index (χ1n) is 3.51. The standard InChI is InChI=1S/C9H6BrNO.Zn/c10-7-3-4-8(12)9-6(7)2-1-5-11-9;/h1-5,12H;. The van der Waals surface area contributed by atoms with Crippen molar-refractivity contribution in [2.75, 3.05) is 0 Å². The molecular weight excluding hydrogens is 283 g/mol. The van der Waals surface area contributed by atoms with Crippen molar-refractivity contribution in [3.63, 3.8) is 0 Å². The average Bonchev–Trinajstić information content (AvgIpc) is 2.12. The Labute approximate surface area is 96.9 Å². The van der Waals surface area contributed by atoms with Gasteiger partial charge in [0.2, 0.25) is 0 Å². The van der Waals surface area contributed by atoms with Gasteiger partial charge in [-0.3, -0.25) is 4.98 Å². The molecule has 0 aliphatic carbocycles. The van der Waals surface area contributed by atoms with Crippen molar-refractivity contribution in [3.05, 3.63) is 34.9 Å². The predicted molar refractivity (Wildman–Crippen MR) is 51.1 cm³/mol. The number of phenolic OH excluding ortho intramolecular Hbond substituents is 1. The molecule has 2 rings (SSSR count). The van der Waals surface area contributed by atoms with E-state index in [0.29, 0.717) is 5.52 Å². The molecule has 62 valence electrons. The van der Waals surface area contributed by atoms with E-state index in [4.69, 9.17) is 0 Å². The maximum absolute atomic E-state index is 9.41. The maximum Gasteiger partial charge on any atom is 0.141 e. The van der Waals surface area contributed by atoms with Gasteiger partial charge in [0.15, 0.2) is 0 Å². The Hall–Kier alpha value is -0.467. The first-order valence-corrected chi connectivity index (χ1v) is 4.30. The van der Waals surface area contributed by atoms with Crippen LogP contribution in [0.5, 0.6) is 5.75 Å². The van der Waals surface area contributed by atoms with Gasteiger partial charge in [-0.15, -0.1) is 0 Å². The normalized spacial score (nSPS) is 9.62. The van der Waals surface area contributed by atoms with E-state index in [1.165, 1.54) is 0 Å². The summed E-state index contributed by atoms with van der Waals surface area (Å²) in [6, 6.07) is 7.18. The molecule has 0 unspecified atom stereocenters. The van der Waals surface area contributed by atoms with Gasteiger partial charge in [0.05, 0.1) is 0 Å². The van der Waals surface area contributed by atoms with E-state index in [1.807, 2.05) is 12.1 Å². The second-order valence-corrected chi connectivity index (χ2v) is 3.32. The van der Waals surface area contributed by atoms with Gasteiger partial charge in [-0.1, -0.05) is 22.0 Å². The topological polar surface area (TPSA) is 33.1 Å². The molecule has 0 radical (unpaired) electrons. The summed E-state index contributed by atoms with van der Waals surface area (Å²) in [4.78, 5) is 4.06. The second kappa shape index (κ2) is 4.16. The van der Waals surface area contributed by atoms with Gasteiger partial charge < -0.3 is 5.11 Å². The molecule has 1 heterocycles. The van der Waals surface area contributed by atoms with Crippen LogP contribution in [-0.2, 0) is 19.5 Å². The Balaban J connectivity index is 0.000000845. The number of benzene rings is 1. The van der Waals surface area contributed by atoms with Crippen LogP contribution < -0.4 is 0 Å². The van der Waals surface area contributed by atoms with Crippen LogP contribution in [0.3, 0.4) is 0 Å². The number of hydrogen-bond acceptors (Lipinski definition) is 2. The van der Waals surface area contributed by atoms with Crippen LogP contribution in [0.2, 0.25) is 0 Å². The monoisotopic (exact) mass is 287 g/mol. The van der Waals surface area contributed by atoms with E-state index < -0.39 is 0 Å². The van der Waals surface area contributed by atoms with E-state index >= 15 is 0 Å². The molecule has 1 aromatic heterocycles. The third-order valence-corrected chi connectivity index (χ3v) is 2.39. The zero-order chi connectivity index (χ0) is 8.55. The molecule has 0 saturated carbocycles. The number of hydrogen-bond donors (Lipinski definition) is 1. The number of phenols is 1. The fraction of sp³-hybridized carbons (Fsp3) is 0. The van der Waals surface area contributed by atoms with Gasteiger partial charge >= 0.3 is 0 Å². The molecule has 1 aromatic carbocycles. The van der Waals surface area contributed by atoms with E-state index in [0.717, 1.165) is 9.86 Å². The molecular formula is C9H6BrNOZn. The van der Waals surface area contributed by atoms with Crippen molar-refractivity contribution < 1.29 is 24.6 Å². The molecule has 0 fully saturated rings. The van der Waals surface area contributed by atoms with Crippen LogP contribution in [0.4, 0.5) is 0 Å². The Morgan fingerprint density at radius 2 is 2.00 bits per heavy atom. The van der Waals surface area contributed by atoms with Crippen LogP contribution in [-0.4, -0.2) is 10.1 Å². The fourth-order valence-electron chi connectivity index (χ4n) is 1.12. The van der Waals surface area contributed by atoms with Crippen LogP contribution >= 0.6 is 15.9 Å². The molecule has 0 amide bonds. The van der Waals surface area contributed by atoms with Crippen molar-refractivity contribution >= 4 is 26.8 Å². The Kier molecular flexibility index (Phi) is 3.40. The van der Waals surface area contributed by atoms with E-state index in [2.05, 4.69) is 20.9 Å². The zero-order valence-corrected chi connectivity index (χ0v) is 11.4. The molecule has 13 heavy (non-hydrogen) atoms. The van der Waals surface area contributed by atoms with Crippen molar-refractivity contribution in [2.24, 2.45) is 0 Å². The number of rotatable bonds is 0. The van der Waals surface area contributed by atoms with Gasteiger partial charge in [0.1, 0.15) is 11.3 Å². The molecule has 0 spiro atoms. The van der Waals surface area contributed by atoms with Gasteiger partial charge in [0.25, 0.3) is 0 Å². The Morgan fingerprint density at radius 3 is 2.69 bits per heavy atom. The number of nitrogens with zero attached hydrogens (tertiary/aromatic N) is 1. The van der Waals surface area contributed by atoms with Crippen molar-refractivity contribution in [2.45, 2.75) is 0 Å². The molecule has 4 heteroatoms. The third-order valence-electron chi connectivity index (χ3n) is 1.70. The summed E-state index contributed by atoms with van der Waals surface area (Å²) in [5.41, 5.74) is 0.631. The number of fused-ring (bicyclic) bond motifs is 1. The molecule has 2 aromatic rings. The maximum atomic E-state index is 9.41. The van der Waals surface area contributed by atoms with Crippen molar-refractivity contribution in [1.82, 2.24) is 4.98 Å². The summed E-state index contributed by atoms with van der Waals surface area (Å²) in [5.74, 6) is 0.216. The van der Waals surface area contributed by atoms with Gasteiger partial charge in [0, 0.05) is 35.5 Å². The molecule has 0 aliphatic heterocycles. The summed E-state index contributed by atoms with van der Waals surface area (Å²) >= 11 is 3.38. The first-order chi connectivity index (χ1) is 5.79. The molecule has 0 bridgehead atoms. The number of pyridine rings is 1. The SMILES string of the molecule is Oc1ccc(Br)c2cccnc12.[Zn]. The quantitative estimate of drug-likeness (QED) is 0.757. The van der Waals surface area contributed by atoms with Gasteiger partial charge in [-0.2, -0.15) is 0 Å². The third kappa shape index (κ3) is 1.89. The molecule has 1 N–H and O–H groups in total. The zero-order valence-electron chi connectivity index (χ0n) is 6.87.